The number of hydrogen-bond acceptors (Lipinski definition) is 4. The van der Waals surface area contributed by atoms with Crippen molar-refractivity contribution in [2.75, 3.05) is 5.73 Å². The van der Waals surface area contributed by atoms with Crippen LogP contribution in [-0.4, -0.2) is 16.1 Å². The highest BCUT2D eigenvalue weighted by Gasteiger charge is 2.03. The second-order valence-corrected chi connectivity index (χ2v) is 4.02. The summed E-state index contributed by atoms with van der Waals surface area (Å²) in [5.74, 6) is 1.29. The molecule has 1 aromatic heterocycles. The number of rotatable bonds is 3. The van der Waals surface area contributed by atoms with E-state index in [1.54, 1.807) is 6.07 Å². The Kier molecular flexibility index (Phi) is 3.23. The maximum atomic E-state index is 5.63. The molecule has 2 aromatic rings. The highest BCUT2D eigenvalue weighted by Crippen LogP contribution is 2.23. The van der Waals surface area contributed by atoms with Gasteiger partial charge in [0, 0.05) is 11.6 Å². The van der Waals surface area contributed by atoms with E-state index in [9.17, 15) is 0 Å². The zero-order valence-electron chi connectivity index (χ0n) is 9.92. The molecule has 0 radical (unpaired) electrons. The van der Waals surface area contributed by atoms with Gasteiger partial charge in [-0.05, 0) is 26.0 Å². The molecule has 0 fully saturated rings. The fourth-order valence-corrected chi connectivity index (χ4v) is 1.53. The largest absolute Gasteiger partial charge is 0.491 e. The Balaban J connectivity index is 2.33. The Morgan fingerprint density at radius 1 is 1.18 bits per heavy atom. The Hall–Kier alpha value is -2.10. The van der Waals surface area contributed by atoms with Gasteiger partial charge in [-0.3, -0.25) is 0 Å². The van der Waals surface area contributed by atoms with Gasteiger partial charge in [-0.1, -0.05) is 12.1 Å². The highest BCUT2D eigenvalue weighted by atomic mass is 16.5. The number of aromatic nitrogens is 2. The number of anilines is 1. The second kappa shape index (κ2) is 4.82. The van der Waals surface area contributed by atoms with Gasteiger partial charge in [-0.15, -0.1) is 0 Å². The molecule has 0 spiro atoms. The lowest BCUT2D eigenvalue weighted by Crippen LogP contribution is -2.05. The van der Waals surface area contributed by atoms with E-state index >= 15 is 0 Å². The van der Waals surface area contributed by atoms with Crippen LogP contribution in [0.2, 0.25) is 0 Å². The van der Waals surface area contributed by atoms with Gasteiger partial charge in [0.05, 0.1) is 11.8 Å². The van der Waals surface area contributed by atoms with E-state index in [1.807, 2.05) is 38.1 Å². The van der Waals surface area contributed by atoms with Crippen LogP contribution in [0.1, 0.15) is 13.8 Å². The molecule has 0 saturated carbocycles. The summed E-state index contributed by atoms with van der Waals surface area (Å²) in [6, 6.07) is 9.52. The van der Waals surface area contributed by atoms with Crippen LogP contribution in [0, 0.1) is 0 Å². The molecule has 0 atom stereocenters. The molecule has 2 rings (SSSR count). The van der Waals surface area contributed by atoms with E-state index in [0.29, 0.717) is 5.82 Å². The van der Waals surface area contributed by atoms with Gasteiger partial charge in [0.25, 0.3) is 0 Å². The summed E-state index contributed by atoms with van der Waals surface area (Å²) in [4.78, 5) is 8.05. The molecule has 4 heteroatoms. The average molecular weight is 229 g/mol. The van der Waals surface area contributed by atoms with E-state index in [-0.39, 0.29) is 6.10 Å². The lowest BCUT2D eigenvalue weighted by Gasteiger charge is -2.10. The first-order valence-corrected chi connectivity index (χ1v) is 5.50. The standard InChI is InChI=1S/C13H15N3O/c1-9(2)17-11-5-3-4-10(6-11)12-7-13(14)16-8-15-12/h3-9H,1-2H3,(H2,14,15,16). The van der Waals surface area contributed by atoms with Crippen molar-refractivity contribution in [3.8, 4) is 17.0 Å². The summed E-state index contributed by atoms with van der Waals surface area (Å²) in [6.45, 7) is 3.99. The zero-order valence-corrected chi connectivity index (χ0v) is 9.92. The summed E-state index contributed by atoms with van der Waals surface area (Å²) in [7, 11) is 0. The number of ether oxygens (including phenoxy) is 1. The highest BCUT2D eigenvalue weighted by molar-refractivity contribution is 5.63. The minimum atomic E-state index is 0.153. The first-order valence-electron chi connectivity index (χ1n) is 5.50. The van der Waals surface area contributed by atoms with Crippen LogP contribution in [-0.2, 0) is 0 Å². The molecule has 88 valence electrons. The molecule has 0 bridgehead atoms. The number of nitrogens with zero attached hydrogens (tertiary/aromatic N) is 2. The fourth-order valence-electron chi connectivity index (χ4n) is 1.53. The summed E-state index contributed by atoms with van der Waals surface area (Å²) in [5, 5.41) is 0. The summed E-state index contributed by atoms with van der Waals surface area (Å²) in [6.07, 6.45) is 1.61. The monoisotopic (exact) mass is 229 g/mol. The molecular formula is C13H15N3O. The van der Waals surface area contributed by atoms with Crippen LogP contribution in [0.15, 0.2) is 36.7 Å². The predicted octanol–water partition coefficient (Wildman–Crippen LogP) is 2.51. The third-order valence-electron chi connectivity index (χ3n) is 2.19. The topological polar surface area (TPSA) is 61.0 Å². The molecule has 1 heterocycles. The van der Waals surface area contributed by atoms with Crippen molar-refractivity contribution >= 4 is 5.82 Å². The molecule has 0 aliphatic carbocycles. The van der Waals surface area contributed by atoms with Gasteiger partial charge in [0.2, 0.25) is 0 Å². The molecule has 0 unspecified atom stereocenters. The Morgan fingerprint density at radius 2 is 2.00 bits per heavy atom. The normalized spacial score (nSPS) is 10.5. The van der Waals surface area contributed by atoms with Crippen molar-refractivity contribution in [2.24, 2.45) is 0 Å². The maximum absolute atomic E-state index is 5.63. The van der Waals surface area contributed by atoms with Gasteiger partial charge in [-0.25, -0.2) is 9.97 Å². The lowest BCUT2D eigenvalue weighted by atomic mass is 10.1. The van der Waals surface area contributed by atoms with Crippen molar-refractivity contribution in [3.63, 3.8) is 0 Å². The van der Waals surface area contributed by atoms with Crippen molar-refractivity contribution in [2.45, 2.75) is 20.0 Å². The quantitative estimate of drug-likeness (QED) is 0.878. The van der Waals surface area contributed by atoms with Crippen molar-refractivity contribution in [1.82, 2.24) is 9.97 Å². The SMILES string of the molecule is CC(C)Oc1cccc(-c2cc(N)ncn2)c1. The molecule has 0 aliphatic rings. The van der Waals surface area contributed by atoms with Crippen molar-refractivity contribution in [3.05, 3.63) is 36.7 Å². The molecule has 0 amide bonds. The van der Waals surface area contributed by atoms with Gasteiger partial charge in [0.15, 0.2) is 0 Å². The van der Waals surface area contributed by atoms with Crippen LogP contribution in [0.3, 0.4) is 0 Å². The second-order valence-electron chi connectivity index (χ2n) is 4.02. The molecule has 1 aromatic carbocycles. The van der Waals surface area contributed by atoms with Crippen molar-refractivity contribution in [1.29, 1.82) is 0 Å². The molecule has 0 aliphatic heterocycles. The van der Waals surface area contributed by atoms with E-state index in [2.05, 4.69) is 9.97 Å². The molecular weight excluding hydrogens is 214 g/mol. The van der Waals surface area contributed by atoms with Gasteiger partial charge >= 0.3 is 0 Å². The van der Waals surface area contributed by atoms with E-state index < -0.39 is 0 Å². The molecule has 0 saturated heterocycles. The van der Waals surface area contributed by atoms with Crippen LogP contribution in [0.4, 0.5) is 5.82 Å². The number of benzene rings is 1. The summed E-state index contributed by atoms with van der Waals surface area (Å²) in [5.41, 5.74) is 7.40. The minimum Gasteiger partial charge on any atom is -0.491 e. The van der Waals surface area contributed by atoms with E-state index in [1.165, 1.54) is 6.33 Å². The van der Waals surface area contributed by atoms with Crippen molar-refractivity contribution < 1.29 is 4.74 Å². The summed E-state index contributed by atoms with van der Waals surface area (Å²) >= 11 is 0. The molecule has 4 nitrogen and oxygen atoms in total. The first kappa shape index (κ1) is 11.4. The van der Waals surface area contributed by atoms with Gasteiger partial charge in [0.1, 0.15) is 17.9 Å². The first-order chi connectivity index (χ1) is 8.15. The molecule has 2 N–H and O–H groups in total. The minimum absolute atomic E-state index is 0.153. The lowest BCUT2D eigenvalue weighted by molar-refractivity contribution is 0.242. The van der Waals surface area contributed by atoms with E-state index in [0.717, 1.165) is 17.0 Å². The Labute approximate surface area is 100 Å². The molecule has 17 heavy (non-hydrogen) atoms. The third kappa shape index (κ3) is 2.93. The smallest absolute Gasteiger partial charge is 0.127 e. The van der Waals surface area contributed by atoms with Crippen LogP contribution in [0.5, 0.6) is 5.75 Å². The average Bonchev–Trinajstić information content (AvgIpc) is 2.28. The number of nitrogen functional groups attached to an aromatic ring is 1. The van der Waals surface area contributed by atoms with E-state index in [4.69, 9.17) is 10.5 Å². The predicted molar refractivity (Wildman–Crippen MR) is 67.6 cm³/mol. The third-order valence-corrected chi connectivity index (χ3v) is 2.19. The van der Waals surface area contributed by atoms with Gasteiger partial charge < -0.3 is 10.5 Å². The number of hydrogen-bond donors (Lipinski definition) is 1. The zero-order chi connectivity index (χ0) is 12.3. The van der Waals surface area contributed by atoms with Gasteiger partial charge in [-0.2, -0.15) is 0 Å². The van der Waals surface area contributed by atoms with Crippen LogP contribution < -0.4 is 10.5 Å². The fraction of sp³-hybridized carbons (Fsp3) is 0.231. The van der Waals surface area contributed by atoms with Crippen LogP contribution in [0.25, 0.3) is 11.3 Å². The Bertz CT molecular complexity index is 512. The Morgan fingerprint density at radius 3 is 2.71 bits per heavy atom. The van der Waals surface area contributed by atoms with Crippen LogP contribution >= 0.6 is 0 Å². The number of nitrogens with two attached hydrogens (primary N) is 1. The summed E-state index contributed by atoms with van der Waals surface area (Å²) < 4.78 is 5.63. The maximum Gasteiger partial charge on any atom is 0.127 e.